The van der Waals surface area contributed by atoms with Gasteiger partial charge in [-0.05, 0) is 19.9 Å². The number of hydrogen-bond acceptors (Lipinski definition) is 4. The lowest BCUT2D eigenvalue weighted by Crippen LogP contribution is -2.49. The molecule has 1 fully saturated rings. The Morgan fingerprint density at radius 2 is 2.29 bits per heavy atom. The number of nitrogens with one attached hydrogen (secondary N) is 1. The quantitative estimate of drug-likeness (QED) is 0.626. The van der Waals surface area contributed by atoms with Crippen LogP contribution in [0.3, 0.4) is 0 Å². The highest BCUT2D eigenvalue weighted by atomic mass is 16.6. The number of nitro benzene ring substituents is 1. The SMILES string of the molecule is Cc1c(N2CCN[C@@H](C)C2)cccc1[N+](=O)[O-]. The topological polar surface area (TPSA) is 58.4 Å². The van der Waals surface area contributed by atoms with E-state index in [1.165, 1.54) is 0 Å². The van der Waals surface area contributed by atoms with Crippen LogP contribution in [0.4, 0.5) is 11.4 Å². The summed E-state index contributed by atoms with van der Waals surface area (Å²) in [4.78, 5) is 12.8. The normalized spacial score (nSPS) is 20.4. The summed E-state index contributed by atoms with van der Waals surface area (Å²) in [5.74, 6) is 0. The molecule has 1 N–H and O–H groups in total. The fourth-order valence-corrected chi connectivity index (χ4v) is 2.30. The predicted octanol–water partition coefficient (Wildman–Crippen LogP) is 1.70. The molecule has 0 bridgehead atoms. The molecule has 0 aromatic heterocycles. The van der Waals surface area contributed by atoms with Gasteiger partial charge in [0.15, 0.2) is 0 Å². The zero-order chi connectivity index (χ0) is 12.4. The van der Waals surface area contributed by atoms with Crippen molar-refractivity contribution in [2.24, 2.45) is 0 Å². The maximum Gasteiger partial charge on any atom is 0.274 e. The summed E-state index contributed by atoms with van der Waals surface area (Å²) < 4.78 is 0. The molecule has 0 aliphatic carbocycles. The van der Waals surface area contributed by atoms with E-state index >= 15 is 0 Å². The van der Waals surface area contributed by atoms with Crippen molar-refractivity contribution >= 4 is 11.4 Å². The molecule has 5 nitrogen and oxygen atoms in total. The molecule has 0 unspecified atom stereocenters. The first-order valence-electron chi connectivity index (χ1n) is 5.82. The average Bonchev–Trinajstić information content (AvgIpc) is 2.29. The number of benzene rings is 1. The summed E-state index contributed by atoms with van der Waals surface area (Å²) >= 11 is 0. The number of piperazine rings is 1. The second-order valence-electron chi connectivity index (χ2n) is 4.48. The van der Waals surface area contributed by atoms with Crippen LogP contribution < -0.4 is 10.2 Å². The molecule has 1 aromatic carbocycles. The molecule has 5 heteroatoms. The molecule has 1 aromatic rings. The largest absolute Gasteiger partial charge is 0.368 e. The van der Waals surface area contributed by atoms with E-state index in [1.54, 1.807) is 12.1 Å². The fourth-order valence-electron chi connectivity index (χ4n) is 2.30. The highest BCUT2D eigenvalue weighted by Crippen LogP contribution is 2.28. The standard InChI is InChI=1S/C12H17N3O2/c1-9-8-14(7-6-13-9)11-4-3-5-12(10(11)2)15(16)17/h3-5,9,13H,6-8H2,1-2H3/t9-/m0/s1. The van der Waals surface area contributed by atoms with E-state index in [1.807, 2.05) is 13.0 Å². The lowest BCUT2D eigenvalue weighted by Gasteiger charge is -2.34. The number of nitro groups is 1. The van der Waals surface area contributed by atoms with Crippen LogP contribution in [-0.2, 0) is 0 Å². The van der Waals surface area contributed by atoms with Gasteiger partial charge < -0.3 is 10.2 Å². The Morgan fingerprint density at radius 3 is 2.94 bits per heavy atom. The van der Waals surface area contributed by atoms with Gasteiger partial charge in [-0.1, -0.05) is 6.07 Å². The van der Waals surface area contributed by atoms with E-state index in [-0.39, 0.29) is 10.6 Å². The first-order valence-corrected chi connectivity index (χ1v) is 5.82. The summed E-state index contributed by atoms with van der Waals surface area (Å²) in [5, 5.41) is 14.3. The van der Waals surface area contributed by atoms with Crippen molar-refractivity contribution in [3.8, 4) is 0 Å². The minimum atomic E-state index is -0.315. The molecule has 0 saturated carbocycles. The van der Waals surface area contributed by atoms with Gasteiger partial charge in [0.05, 0.1) is 10.5 Å². The van der Waals surface area contributed by atoms with Crippen LogP contribution in [0.2, 0.25) is 0 Å². The third-order valence-electron chi connectivity index (χ3n) is 3.18. The minimum absolute atomic E-state index is 0.202. The first kappa shape index (κ1) is 11.9. The van der Waals surface area contributed by atoms with Crippen molar-refractivity contribution in [3.05, 3.63) is 33.9 Å². The molecule has 2 rings (SSSR count). The van der Waals surface area contributed by atoms with Gasteiger partial charge in [0.25, 0.3) is 5.69 Å². The van der Waals surface area contributed by atoms with Crippen LogP contribution in [0, 0.1) is 17.0 Å². The van der Waals surface area contributed by atoms with Crippen LogP contribution in [0.25, 0.3) is 0 Å². The first-order chi connectivity index (χ1) is 8.09. The molecule has 92 valence electrons. The van der Waals surface area contributed by atoms with Crippen LogP contribution in [0.15, 0.2) is 18.2 Å². The molecule has 17 heavy (non-hydrogen) atoms. The van der Waals surface area contributed by atoms with Gasteiger partial charge in [-0.25, -0.2) is 0 Å². The highest BCUT2D eigenvalue weighted by Gasteiger charge is 2.21. The Balaban J connectivity index is 2.32. The summed E-state index contributed by atoms with van der Waals surface area (Å²) in [5.41, 5.74) is 1.94. The van der Waals surface area contributed by atoms with Crippen molar-refractivity contribution in [2.45, 2.75) is 19.9 Å². The van der Waals surface area contributed by atoms with Gasteiger partial charge >= 0.3 is 0 Å². The van der Waals surface area contributed by atoms with Gasteiger partial charge in [-0.15, -0.1) is 0 Å². The Kier molecular flexibility index (Phi) is 3.28. The van der Waals surface area contributed by atoms with Crippen molar-refractivity contribution in [3.63, 3.8) is 0 Å². The maximum atomic E-state index is 10.9. The summed E-state index contributed by atoms with van der Waals surface area (Å²) in [6.07, 6.45) is 0. The van der Waals surface area contributed by atoms with Crippen LogP contribution >= 0.6 is 0 Å². The number of rotatable bonds is 2. The number of nitrogens with zero attached hydrogens (tertiary/aromatic N) is 2. The Morgan fingerprint density at radius 1 is 1.53 bits per heavy atom. The highest BCUT2D eigenvalue weighted by molar-refractivity contribution is 5.61. The van der Waals surface area contributed by atoms with Gasteiger partial charge in [0.1, 0.15) is 0 Å². The minimum Gasteiger partial charge on any atom is -0.368 e. The smallest absolute Gasteiger partial charge is 0.274 e. The third-order valence-corrected chi connectivity index (χ3v) is 3.18. The summed E-state index contributed by atoms with van der Waals surface area (Å²) in [6.45, 7) is 6.65. The van der Waals surface area contributed by atoms with Crippen molar-refractivity contribution in [1.29, 1.82) is 0 Å². The fraction of sp³-hybridized carbons (Fsp3) is 0.500. The Labute approximate surface area is 101 Å². The van der Waals surface area contributed by atoms with Gasteiger partial charge in [-0.2, -0.15) is 0 Å². The molecule has 1 atom stereocenters. The lowest BCUT2D eigenvalue weighted by atomic mass is 10.1. The molecule has 1 aliphatic heterocycles. The van der Waals surface area contributed by atoms with Crippen LogP contribution in [-0.4, -0.2) is 30.6 Å². The summed E-state index contributed by atoms with van der Waals surface area (Å²) in [6, 6.07) is 5.69. The summed E-state index contributed by atoms with van der Waals surface area (Å²) in [7, 11) is 0. The van der Waals surface area contributed by atoms with E-state index < -0.39 is 0 Å². The molecule has 0 spiro atoms. The predicted molar refractivity (Wildman–Crippen MR) is 67.5 cm³/mol. The Bertz CT molecular complexity index is 434. The number of hydrogen-bond donors (Lipinski definition) is 1. The van der Waals surface area contributed by atoms with Crippen molar-refractivity contribution in [2.75, 3.05) is 24.5 Å². The average molecular weight is 235 g/mol. The van der Waals surface area contributed by atoms with E-state index in [0.29, 0.717) is 6.04 Å². The molecule has 0 radical (unpaired) electrons. The van der Waals surface area contributed by atoms with Crippen LogP contribution in [0.5, 0.6) is 0 Å². The lowest BCUT2D eigenvalue weighted by molar-refractivity contribution is -0.385. The molecule has 1 saturated heterocycles. The molecular formula is C12H17N3O2. The molecule has 0 amide bonds. The van der Waals surface area contributed by atoms with Gasteiger partial charge in [0, 0.05) is 37.4 Å². The Hall–Kier alpha value is -1.62. The third kappa shape index (κ3) is 2.39. The molecule has 1 heterocycles. The van der Waals surface area contributed by atoms with E-state index in [4.69, 9.17) is 0 Å². The van der Waals surface area contributed by atoms with E-state index in [0.717, 1.165) is 30.9 Å². The second-order valence-corrected chi connectivity index (χ2v) is 4.48. The zero-order valence-electron chi connectivity index (χ0n) is 10.1. The van der Waals surface area contributed by atoms with E-state index in [9.17, 15) is 10.1 Å². The zero-order valence-corrected chi connectivity index (χ0v) is 10.1. The van der Waals surface area contributed by atoms with E-state index in [2.05, 4.69) is 17.1 Å². The van der Waals surface area contributed by atoms with Crippen LogP contribution in [0.1, 0.15) is 12.5 Å². The van der Waals surface area contributed by atoms with Crippen molar-refractivity contribution < 1.29 is 4.92 Å². The van der Waals surface area contributed by atoms with Gasteiger partial charge in [0.2, 0.25) is 0 Å². The second kappa shape index (κ2) is 4.71. The molecular weight excluding hydrogens is 218 g/mol. The molecule has 1 aliphatic rings. The van der Waals surface area contributed by atoms with Crippen molar-refractivity contribution in [1.82, 2.24) is 5.32 Å². The van der Waals surface area contributed by atoms with Gasteiger partial charge in [-0.3, -0.25) is 10.1 Å². The maximum absolute atomic E-state index is 10.9. The number of anilines is 1. The monoisotopic (exact) mass is 235 g/mol.